The minimum Gasteiger partial charge on any atom is -0.271 e. The van der Waals surface area contributed by atoms with Crippen molar-refractivity contribution in [2.75, 3.05) is 0 Å². The molecule has 1 unspecified atom stereocenters. The predicted octanol–water partition coefficient (Wildman–Crippen LogP) is 2.56. The molecule has 1 heterocycles. The second-order valence-electron chi connectivity index (χ2n) is 4.57. The molecule has 0 saturated carbocycles. The molecule has 0 amide bonds. The summed E-state index contributed by atoms with van der Waals surface area (Å²) in [7, 11) is 0. The minimum atomic E-state index is -0.0152. The fourth-order valence-corrected chi connectivity index (χ4v) is 2.24. The third-order valence-electron chi connectivity index (χ3n) is 3.48. The van der Waals surface area contributed by atoms with Gasteiger partial charge in [-0.1, -0.05) is 24.3 Å². The van der Waals surface area contributed by atoms with E-state index in [1.54, 1.807) is 6.20 Å². The van der Waals surface area contributed by atoms with E-state index in [4.69, 9.17) is 5.84 Å². The van der Waals surface area contributed by atoms with Gasteiger partial charge >= 0.3 is 0 Å². The van der Waals surface area contributed by atoms with Crippen LogP contribution in [0.3, 0.4) is 0 Å². The fraction of sp³-hybridized carbons (Fsp3) is 0.267. The van der Waals surface area contributed by atoms with E-state index in [1.165, 1.54) is 16.7 Å². The Morgan fingerprint density at radius 2 is 1.78 bits per heavy atom. The average Bonchev–Trinajstić information content (AvgIpc) is 2.37. The van der Waals surface area contributed by atoms with Gasteiger partial charge in [-0.3, -0.25) is 10.8 Å². The largest absolute Gasteiger partial charge is 0.271 e. The molecule has 0 radical (unpaired) electrons. The van der Waals surface area contributed by atoms with E-state index < -0.39 is 0 Å². The molecule has 94 valence electrons. The molecule has 0 fully saturated rings. The Bertz CT molecular complexity index is 549. The molecule has 3 heteroatoms. The fourth-order valence-electron chi connectivity index (χ4n) is 2.24. The van der Waals surface area contributed by atoms with Gasteiger partial charge in [-0.05, 0) is 49.1 Å². The molecule has 2 rings (SSSR count). The Labute approximate surface area is 108 Å². The highest BCUT2D eigenvalue weighted by Crippen LogP contribution is 2.27. The van der Waals surface area contributed by atoms with Crippen LogP contribution in [0.25, 0.3) is 0 Å². The number of aryl methyl sites for hydroxylation is 2. The predicted molar refractivity (Wildman–Crippen MR) is 74.1 cm³/mol. The Morgan fingerprint density at radius 3 is 2.44 bits per heavy atom. The summed E-state index contributed by atoms with van der Waals surface area (Å²) in [5.74, 6) is 5.75. The SMILES string of the molecule is Cc1cccc(C(NN)c2cccnc2C)c1C. The second kappa shape index (κ2) is 5.29. The van der Waals surface area contributed by atoms with Crippen LogP contribution in [0.2, 0.25) is 0 Å². The van der Waals surface area contributed by atoms with E-state index in [1.807, 2.05) is 13.0 Å². The average molecular weight is 241 g/mol. The molecule has 0 aliphatic heterocycles. The normalized spacial score (nSPS) is 12.4. The Hall–Kier alpha value is -1.71. The van der Waals surface area contributed by atoms with Crippen LogP contribution >= 0.6 is 0 Å². The number of rotatable bonds is 3. The highest BCUT2D eigenvalue weighted by molar-refractivity contribution is 5.41. The molecule has 0 aliphatic carbocycles. The number of hydrazine groups is 1. The number of hydrogen-bond acceptors (Lipinski definition) is 3. The lowest BCUT2D eigenvalue weighted by atomic mass is 9.92. The number of nitrogens with one attached hydrogen (secondary N) is 1. The van der Waals surface area contributed by atoms with Gasteiger partial charge in [-0.2, -0.15) is 0 Å². The first-order chi connectivity index (χ1) is 8.65. The smallest absolute Gasteiger partial charge is 0.0730 e. The lowest BCUT2D eigenvalue weighted by Crippen LogP contribution is -2.30. The van der Waals surface area contributed by atoms with E-state index in [-0.39, 0.29) is 6.04 Å². The first kappa shape index (κ1) is 12.7. The summed E-state index contributed by atoms with van der Waals surface area (Å²) in [5.41, 5.74) is 8.77. The zero-order valence-corrected chi connectivity index (χ0v) is 11.1. The van der Waals surface area contributed by atoms with E-state index in [0.717, 1.165) is 11.3 Å². The van der Waals surface area contributed by atoms with E-state index in [9.17, 15) is 0 Å². The zero-order valence-electron chi connectivity index (χ0n) is 11.1. The van der Waals surface area contributed by atoms with Crippen molar-refractivity contribution in [3.05, 3.63) is 64.5 Å². The number of nitrogens with two attached hydrogens (primary N) is 1. The van der Waals surface area contributed by atoms with Gasteiger partial charge in [0.15, 0.2) is 0 Å². The van der Waals surface area contributed by atoms with Gasteiger partial charge in [0.05, 0.1) is 6.04 Å². The topological polar surface area (TPSA) is 50.9 Å². The third-order valence-corrected chi connectivity index (χ3v) is 3.48. The molecule has 1 atom stereocenters. The Morgan fingerprint density at radius 1 is 1.06 bits per heavy atom. The van der Waals surface area contributed by atoms with Crippen LogP contribution < -0.4 is 11.3 Å². The van der Waals surface area contributed by atoms with E-state index >= 15 is 0 Å². The van der Waals surface area contributed by atoms with Crippen molar-refractivity contribution in [2.24, 2.45) is 5.84 Å². The van der Waals surface area contributed by atoms with Crippen LogP contribution in [0.5, 0.6) is 0 Å². The zero-order chi connectivity index (χ0) is 13.1. The summed E-state index contributed by atoms with van der Waals surface area (Å²) >= 11 is 0. The quantitative estimate of drug-likeness (QED) is 0.641. The molecule has 3 N–H and O–H groups in total. The van der Waals surface area contributed by atoms with E-state index in [0.29, 0.717) is 0 Å². The molecular weight excluding hydrogens is 222 g/mol. The van der Waals surface area contributed by atoms with Crippen molar-refractivity contribution >= 4 is 0 Å². The number of aromatic nitrogens is 1. The standard InChI is InChI=1S/C15H19N3/c1-10-6-4-7-13(11(10)2)15(18-16)14-8-5-9-17-12(14)3/h4-9,15,18H,16H2,1-3H3. The first-order valence-electron chi connectivity index (χ1n) is 6.09. The van der Waals surface area contributed by atoms with Gasteiger partial charge in [-0.15, -0.1) is 0 Å². The van der Waals surface area contributed by atoms with Crippen LogP contribution in [0.15, 0.2) is 36.5 Å². The summed E-state index contributed by atoms with van der Waals surface area (Å²) in [6, 6.07) is 10.3. The van der Waals surface area contributed by atoms with Crippen molar-refractivity contribution in [3.8, 4) is 0 Å². The summed E-state index contributed by atoms with van der Waals surface area (Å²) < 4.78 is 0. The van der Waals surface area contributed by atoms with Gasteiger partial charge < -0.3 is 0 Å². The molecule has 3 nitrogen and oxygen atoms in total. The molecule has 0 aliphatic rings. The lowest BCUT2D eigenvalue weighted by Gasteiger charge is -2.21. The molecule has 0 bridgehead atoms. The minimum absolute atomic E-state index is 0.0152. The van der Waals surface area contributed by atoms with Crippen molar-refractivity contribution in [1.82, 2.24) is 10.4 Å². The molecule has 2 aromatic rings. The number of benzene rings is 1. The number of pyridine rings is 1. The maximum atomic E-state index is 5.75. The third kappa shape index (κ3) is 2.28. The van der Waals surface area contributed by atoms with Crippen molar-refractivity contribution in [2.45, 2.75) is 26.8 Å². The van der Waals surface area contributed by atoms with Crippen molar-refractivity contribution in [1.29, 1.82) is 0 Å². The maximum absolute atomic E-state index is 5.75. The van der Waals surface area contributed by atoms with Crippen molar-refractivity contribution < 1.29 is 0 Å². The van der Waals surface area contributed by atoms with Gasteiger partial charge in [0.25, 0.3) is 0 Å². The van der Waals surface area contributed by atoms with Crippen molar-refractivity contribution in [3.63, 3.8) is 0 Å². The Balaban J connectivity index is 2.53. The highest BCUT2D eigenvalue weighted by Gasteiger charge is 2.17. The summed E-state index contributed by atoms with van der Waals surface area (Å²) in [6.45, 7) is 6.24. The van der Waals surface area contributed by atoms with E-state index in [2.05, 4.69) is 48.5 Å². The van der Waals surface area contributed by atoms with Gasteiger partial charge in [0.2, 0.25) is 0 Å². The number of nitrogens with zero attached hydrogens (tertiary/aromatic N) is 1. The molecule has 0 saturated heterocycles. The maximum Gasteiger partial charge on any atom is 0.0730 e. The number of hydrogen-bond donors (Lipinski definition) is 2. The molecule has 1 aromatic carbocycles. The molecule has 0 spiro atoms. The van der Waals surface area contributed by atoms with Crippen LogP contribution in [-0.2, 0) is 0 Å². The summed E-state index contributed by atoms with van der Waals surface area (Å²) in [4.78, 5) is 4.33. The Kier molecular flexibility index (Phi) is 3.75. The first-order valence-corrected chi connectivity index (χ1v) is 6.09. The lowest BCUT2D eigenvalue weighted by molar-refractivity contribution is 0.627. The van der Waals surface area contributed by atoms with Crippen LogP contribution in [-0.4, -0.2) is 4.98 Å². The summed E-state index contributed by atoms with van der Waals surface area (Å²) in [5, 5.41) is 0. The monoisotopic (exact) mass is 241 g/mol. The molecule has 1 aromatic heterocycles. The van der Waals surface area contributed by atoms with Crippen LogP contribution in [0.1, 0.15) is 34.0 Å². The van der Waals surface area contributed by atoms with Gasteiger partial charge in [-0.25, -0.2) is 5.43 Å². The van der Waals surface area contributed by atoms with Crippen LogP contribution in [0.4, 0.5) is 0 Å². The second-order valence-corrected chi connectivity index (χ2v) is 4.57. The highest BCUT2D eigenvalue weighted by atomic mass is 15.2. The summed E-state index contributed by atoms with van der Waals surface area (Å²) in [6.07, 6.45) is 1.80. The molecule has 18 heavy (non-hydrogen) atoms. The van der Waals surface area contributed by atoms with Crippen LogP contribution in [0, 0.1) is 20.8 Å². The van der Waals surface area contributed by atoms with Gasteiger partial charge in [0.1, 0.15) is 0 Å². The van der Waals surface area contributed by atoms with Gasteiger partial charge in [0, 0.05) is 11.9 Å². The molecular formula is C15H19N3.